The van der Waals surface area contributed by atoms with E-state index in [-0.39, 0.29) is 18.7 Å². The molecule has 1 heterocycles. The molecular weight excluding hydrogens is 338 g/mol. The fraction of sp³-hybridized carbons (Fsp3) is 0.412. The van der Waals surface area contributed by atoms with Crippen LogP contribution in [0.25, 0.3) is 0 Å². The van der Waals surface area contributed by atoms with Crippen molar-refractivity contribution in [2.45, 2.75) is 38.4 Å². The Balaban J connectivity index is 1.68. The van der Waals surface area contributed by atoms with E-state index in [2.05, 4.69) is 10.4 Å². The van der Waals surface area contributed by atoms with Gasteiger partial charge in [-0.25, -0.2) is 4.39 Å². The van der Waals surface area contributed by atoms with E-state index in [1.807, 2.05) is 0 Å². The summed E-state index contributed by atoms with van der Waals surface area (Å²) in [6.07, 6.45) is -1.97. The molecule has 0 unspecified atom stereocenters. The number of nitrogens with one attached hydrogen (secondary N) is 1. The Morgan fingerprint density at radius 2 is 1.84 bits per heavy atom. The Morgan fingerprint density at radius 1 is 1.16 bits per heavy atom. The molecule has 0 saturated heterocycles. The maximum Gasteiger partial charge on any atom is 0.435 e. The van der Waals surface area contributed by atoms with Gasteiger partial charge in [0.1, 0.15) is 5.82 Å². The lowest BCUT2D eigenvalue weighted by Crippen LogP contribution is -2.28. The van der Waals surface area contributed by atoms with Gasteiger partial charge in [-0.05, 0) is 49.9 Å². The highest BCUT2D eigenvalue weighted by molar-refractivity contribution is 5.94. The maximum atomic E-state index is 13.1. The zero-order valence-electron chi connectivity index (χ0n) is 13.4. The number of alkyl halides is 3. The van der Waals surface area contributed by atoms with Gasteiger partial charge in [0.15, 0.2) is 5.69 Å². The molecule has 0 radical (unpaired) electrons. The van der Waals surface area contributed by atoms with Gasteiger partial charge < -0.3 is 5.32 Å². The summed E-state index contributed by atoms with van der Waals surface area (Å²) in [5, 5.41) is 6.35. The SMILES string of the molecule is O=C(NCCn1nc(C(F)(F)F)c2c1CCCC2)c1ccc(F)cc1. The van der Waals surface area contributed by atoms with Crippen molar-refractivity contribution in [3.63, 3.8) is 0 Å². The number of aromatic nitrogens is 2. The highest BCUT2D eigenvalue weighted by Gasteiger charge is 2.39. The van der Waals surface area contributed by atoms with Crippen molar-refractivity contribution >= 4 is 5.91 Å². The van der Waals surface area contributed by atoms with Gasteiger partial charge in [0.05, 0.1) is 6.54 Å². The molecule has 1 amide bonds. The first-order valence-corrected chi connectivity index (χ1v) is 8.06. The van der Waals surface area contributed by atoms with E-state index >= 15 is 0 Å². The molecule has 1 N–H and O–H groups in total. The zero-order valence-corrected chi connectivity index (χ0v) is 13.4. The molecule has 0 saturated carbocycles. The van der Waals surface area contributed by atoms with Crippen molar-refractivity contribution in [2.75, 3.05) is 6.54 Å². The van der Waals surface area contributed by atoms with Gasteiger partial charge in [0.25, 0.3) is 5.91 Å². The van der Waals surface area contributed by atoms with Crippen LogP contribution in [0.3, 0.4) is 0 Å². The average Bonchev–Trinajstić information content (AvgIpc) is 2.95. The molecule has 0 atom stereocenters. The predicted octanol–water partition coefficient (Wildman–Crippen LogP) is 3.35. The summed E-state index contributed by atoms with van der Waals surface area (Å²) in [6, 6.07) is 5.05. The molecular formula is C17H17F4N3O. The second kappa shape index (κ2) is 6.85. The molecule has 4 nitrogen and oxygen atoms in total. The van der Waals surface area contributed by atoms with Crippen LogP contribution in [-0.4, -0.2) is 22.2 Å². The third-order valence-electron chi connectivity index (χ3n) is 4.24. The lowest BCUT2D eigenvalue weighted by atomic mass is 9.95. The molecule has 0 aliphatic heterocycles. The van der Waals surface area contributed by atoms with Crippen LogP contribution in [0.2, 0.25) is 0 Å². The van der Waals surface area contributed by atoms with Crippen molar-refractivity contribution in [2.24, 2.45) is 0 Å². The van der Waals surface area contributed by atoms with Crippen LogP contribution < -0.4 is 5.32 Å². The molecule has 3 rings (SSSR count). The van der Waals surface area contributed by atoms with Gasteiger partial charge in [-0.3, -0.25) is 9.48 Å². The number of hydrogen-bond donors (Lipinski definition) is 1. The Kier molecular flexibility index (Phi) is 4.78. The lowest BCUT2D eigenvalue weighted by molar-refractivity contribution is -0.142. The first-order valence-electron chi connectivity index (χ1n) is 8.06. The molecule has 25 heavy (non-hydrogen) atoms. The van der Waals surface area contributed by atoms with Crippen LogP contribution in [0.5, 0.6) is 0 Å². The number of carbonyl (C=O) groups is 1. The second-order valence-electron chi connectivity index (χ2n) is 5.96. The largest absolute Gasteiger partial charge is 0.435 e. The van der Waals surface area contributed by atoms with Gasteiger partial charge in [0, 0.05) is 23.4 Å². The predicted molar refractivity (Wildman–Crippen MR) is 82.6 cm³/mol. The minimum Gasteiger partial charge on any atom is -0.350 e. The number of hydrogen-bond acceptors (Lipinski definition) is 2. The van der Waals surface area contributed by atoms with Crippen molar-refractivity contribution in [3.8, 4) is 0 Å². The highest BCUT2D eigenvalue weighted by atomic mass is 19.4. The molecule has 0 bridgehead atoms. The summed E-state index contributed by atoms with van der Waals surface area (Å²) in [7, 11) is 0. The van der Waals surface area contributed by atoms with Gasteiger partial charge in [-0.15, -0.1) is 0 Å². The molecule has 8 heteroatoms. The fourth-order valence-corrected chi connectivity index (χ4v) is 3.06. The Hall–Kier alpha value is -2.38. The van der Waals surface area contributed by atoms with Gasteiger partial charge in [-0.2, -0.15) is 18.3 Å². The van der Waals surface area contributed by atoms with Crippen LogP contribution in [0.4, 0.5) is 17.6 Å². The van der Waals surface area contributed by atoms with Crippen LogP contribution in [0, 0.1) is 5.82 Å². The molecule has 1 aromatic carbocycles. The van der Waals surface area contributed by atoms with Crippen molar-refractivity contribution < 1.29 is 22.4 Å². The second-order valence-corrected chi connectivity index (χ2v) is 5.96. The molecule has 1 aliphatic carbocycles. The van der Waals surface area contributed by atoms with Crippen molar-refractivity contribution in [1.29, 1.82) is 0 Å². The summed E-state index contributed by atoms with van der Waals surface area (Å²) >= 11 is 0. The number of fused-ring (bicyclic) bond motifs is 1. The van der Waals surface area contributed by atoms with Gasteiger partial charge in [0.2, 0.25) is 0 Å². The van der Waals surface area contributed by atoms with Crippen molar-refractivity contribution in [1.82, 2.24) is 15.1 Å². The Bertz CT molecular complexity index is 765. The van der Waals surface area contributed by atoms with Crippen LogP contribution in [-0.2, 0) is 25.6 Å². The topological polar surface area (TPSA) is 46.9 Å². The van der Waals surface area contributed by atoms with Crippen molar-refractivity contribution in [3.05, 3.63) is 52.6 Å². The van der Waals surface area contributed by atoms with E-state index in [0.29, 0.717) is 24.1 Å². The average molecular weight is 355 g/mol. The zero-order chi connectivity index (χ0) is 18.0. The van der Waals surface area contributed by atoms with E-state index < -0.39 is 23.6 Å². The third-order valence-corrected chi connectivity index (χ3v) is 4.24. The van der Waals surface area contributed by atoms with E-state index in [1.54, 1.807) is 0 Å². The standard InChI is InChI=1S/C17H17F4N3O/c18-12-7-5-11(6-8-12)16(25)22-9-10-24-14-4-2-1-3-13(14)15(23-24)17(19,20)21/h5-8H,1-4,9-10H2,(H,22,25). The lowest BCUT2D eigenvalue weighted by Gasteiger charge is -2.15. The number of halogens is 4. The number of benzene rings is 1. The summed E-state index contributed by atoms with van der Waals surface area (Å²) in [4.78, 5) is 12.0. The van der Waals surface area contributed by atoms with E-state index in [4.69, 9.17) is 0 Å². The first kappa shape index (κ1) is 17.4. The molecule has 0 fully saturated rings. The number of rotatable bonds is 4. The van der Waals surface area contributed by atoms with Gasteiger partial charge in [-0.1, -0.05) is 0 Å². The number of amides is 1. The summed E-state index contributed by atoms with van der Waals surface area (Å²) in [6.45, 7) is 0.299. The van der Waals surface area contributed by atoms with E-state index in [9.17, 15) is 22.4 Å². The van der Waals surface area contributed by atoms with E-state index in [1.165, 1.54) is 28.9 Å². The minimum atomic E-state index is -4.47. The summed E-state index contributed by atoms with van der Waals surface area (Å²) in [5.74, 6) is -0.850. The summed E-state index contributed by atoms with van der Waals surface area (Å²) < 4.78 is 53.5. The number of carbonyl (C=O) groups excluding carboxylic acids is 1. The first-order chi connectivity index (χ1) is 11.9. The molecule has 0 spiro atoms. The quantitative estimate of drug-likeness (QED) is 0.855. The summed E-state index contributed by atoms with van der Waals surface area (Å²) in [5.41, 5.74) is 0.366. The van der Waals surface area contributed by atoms with Gasteiger partial charge >= 0.3 is 6.18 Å². The van der Waals surface area contributed by atoms with Crippen LogP contribution >= 0.6 is 0 Å². The van der Waals surface area contributed by atoms with E-state index in [0.717, 1.165) is 12.8 Å². The Labute approximate surface area is 141 Å². The smallest absolute Gasteiger partial charge is 0.350 e. The molecule has 1 aliphatic rings. The third kappa shape index (κ3) is 3.83. The molecule has 1 aromatic heterocycles. The maximum absolute atomic E-state index is 13.1. The molecule has 134 valence electrons. The number of nitrogens with zero attached hydrogens (tertiary/aromatic N) is 2. The van der Waals surface area contributed by atoms with Crippen LogP contribution in [0.1, 0.15) is 40.2 Å². The van der Waals surface area contributed by atoms with Crippen LogP contribution in [0.15, 0.2) is 24.3 Å². The monoisotopic (exact) mass is 355 g/mol. The fourth-order valence-electron chi connectivity index (χ4n) is 3.06. The molecule has 2 aromatic rings. The highest BCUT2D eigenvalue weighted by Crippen LogP contribution is 2.35. The Morgan fingerprint density at radius 3 is 2.52 bits per heavy atom. The minimum absolute atomic E-state index is 0.141. The normalized spacial score (nSPS) is 14.2.